The van der Waals surface area contributed by atoms with Gasteiger partial charge < -0.3 is 0 Å². The summed E-state index contributed by atoms with van der Waals surface area (Å²) in [6.07, 6.45) is -3.35. The number of alkyl halides is 17. The maximum Gasteiger partial charge on any atom is 0.460 e. The minimum atomic E-state index is -8.73. The van der Waals surface area contributed by atoms with Crippen LogP contribution in [0.1, 0.15) is 54.9 Å². The van der Waals surface area contributed by atoms with E-state index in [1.54, 1.807) is 0 Å². The van der Waals surface area contributed by atoms with Crippen molar-refractivity contribution >= 4 is 5.78 Å². The molecule has 0 aromatic heterocycles. The third-order valence-electron chi connectivity index (χ3n) is 7.20. The Morgan fingerprint density at radius 1 is 0.595 bits per heavy atom. The minimum Gasteiger partial charge on any atom is -0.287 e. The van der Waals surface area contributed by atoms with Crippen LogP contribution < -0.4 is 0 Å². The molecule has 0 aliphatic heterocycles. The zero-order valence-corrected chi connectivity index (χ0v) is 21.0. The SMILES string of the molecule is C[C@H]1CC[C@H](CCc2ccc(C(=O)C(F)(F)C(F)(F)C(F)(F)C(F)(F)C(F)(F)C(F)(F)C(F)(F)C(F)(F)F)cc2)CC1. The number of hydrogen-bond donors (Lipinski definition) is 0. The Hall–Kier alpha value is -2.30. The average molecular weight is 648 g/mol. The fourth-order valence-electron chi connectivity index (χ4n) is 4.30. The van der Waals surface area contributed by atoms with Crippen molar-refractivity contribution < 1.29 is 79.4 Å². The first-order valence-corrected chi connectivity index (χ1v) is 12.0. The highest BCUT2D eigenvalue weighted by molar-refractivity contribution is 6.02. The zero-order chi connectivity index (χ0) is 33.0. The molecule has 0 N–H and O–H groups in total. The van der Waals surface area contributed by atoms with Crippen LogP contribution in [0.4, 0.5) is 74.6 Å². The molecule has 0 saturated heterocycles. The quantitative estimate of drug-likeness (QED) is 0.173. The highest BCUT2D eigenvalue weighted by Crippen LogP contribution is 2.64. The van der Waals surface area contributed by atoms with Gasteiger partial charge in [0.15, 0.2) is 0 Å². The summed E-state index contributed by atoms with van der Waals surface area (Å²) in [4.78, 5) is 12.0. The molecule has 0 spiro atoms. The van der Waals surface area contributed by atoms with Gasteiger partial charge in [0.2, 0.25) is 5.78 Å². The van der Waals surface area contributed by atoms with E-state index in [1.807, 2.05) is 0 Å². The molecule has 0 amide bonds. The molecule has 1 saturated carbocycles. The van der Waals surface area contributed by atoms with E-state index in [1.165, 1.54) is 0 Å². The molecule has 18 heteroatoms. The van der Waals surface area contributed by atoms with E-state index < -0.39 is 59.0 Å². The van der Waals surface area contributed by atoms with E-state index in [2.05, 4.69) is 6.92 Å². The Balaban J connectivity index is 2.36. The Morgan fingerprint density at radius 2 is 0.976 bits per heavy atom. The lowest BCUT2D eigenvalue weighted by Crippen LogP contribution is -2.75. The minimum absolute atomic E-state index is 0.274. The van der Waals surface area contributed by atoms with E-state index in [9.17, 15) is 79.4 Å². The van der Waals surface area contributed by atoms with Crippen LogP contribution in [0.2, 0.25) is 0 Å². The molecule has 0 unspecified atom stereocenters. The maximum atomic E-state index is 14.3. The van der Waals surface area contributed by atoms with Gasteiger partial charge in [-0.25, -0.2) is 0 Å². The Kier molecular flexibility index (Phi) is 9.40. The molecule has 1 fully saturated rings. The first-order valence-electron chi connectivity index (χ1n) is 12.0. The number of hydrogen-bond acceptors (Lipinski definition) is 1. The molecule has 0 heterocycles. The Bertz CT molecular complexity index is 1100. The third kappa shape index (κ3) is 5.54. The summed E-state index contributed by atoms with van der Waals surface area (Å²) in [6.45, 7) is 2.05. The molecule has 0 bridgehead atoms. The second-order valence-electron chi connectivity index (χ2n) is 10.2. The summed E-state index contributed by atoms with van der Waals surface area (Å²) in [5.41, 5.74) is -1.24. The Morgan fingerprint density at radius 3 is 1.38 bits per heavy atom. The van der Waals surface area contributed by atoms with Crippen LogP contribution in [0.3, 0.4) is 0 Å². The number of rotatable bonds is 11. The standard InChI is InChI=1S/C24H21F17O/c1-12-2-4-13(5-3-12)6-7-14-8-10-15(11-9-14)16(42)17(25,26)18(27,28)19(29,30)20(31,32)21(33,34)22(35,36)23(37,38)24(39,40)41/h8-13H,2-7H2,1H3/t12-,13-. The normalized spacial score (nSPS) is 20.5. The van der Waals surface area contributed by atoms with E-state index in [0.717, 1.165) is 37.8 Å². The highest BCUT2D eigenvalue weighted by Gasteiger charge is 2.95. The van der Waals surface area contributed by atoms with Gasteiger partial charge in [0.05, 0.1) is 0 Å². The van der Waals surface area contributed by atoms with Gasteiger partial charge in [-0.05, 0) is 30.2 Å². The number of halogens is 17. The lowest BCUT2D eigenvalue weighted by atomic mass is 9.80. The number of carbonyl (C=O) groups excluding carboxylic acids is 1. The molecule has 0 atom stereocenters. The fraction of sp³-hybridized carbons (Fsp3) is 0.708. The lowest BCUT2D eigenvalue weighted by Gasteiger charge is -2.42. The number of benzene rings is 1. The summed E-state index contributed by atoms with van der Waals surface area (Å²) in [7, 11) is 0. The van der Waals surface area contributed by atoms with E-state index in [0.29, 0.717) is 30.0 Å². The van der Waals surface area contributed by atoms with Gasteiger partial charge in [-0.2, -0.15) is 74.6 Å². The number of Topliss-reactive ketones (excluding diaryl/α,β-unsaturated/α-hetero) is 1. The molecule has 42 heavy (non-hydrogen) atoms. The van der Waals surface area contributed by atoms with E-state index in [4.69, 9.17) is 0 Å². The second kappa shape index (κ2) is 11.0. The second-order valence-corrected chi connectivity index (χ2v) is 10.2. The van der Waals surface area contributed by atoms with Crippen molar-refractivity contribution in [3.8, 4) is 0 Å². The monoisotopic (exact) mass is 648 g/mol. The van der Waals surface area contributed by atoms with Gasteiger partial charge in [-0.15, -0.1) is 0 Å². The molecule has 1 nitrogen and oxygen atoms in total. The van der Waals surface area contributed by atoms with Crippen molar-refractivity contribution in [2.75, 3.05) is 0 Å². The van der Waals surface area contributed by atoms with Crippen LogP contribution in [-0.2, 0) is 6.42 Å². The van der Waals surface area contributed by atoms with Crippen molar-refractivity contribution in [2.45, 2.75) is 93.1 Å². The summed E-state index contributed by atoms with van der Waals surface area (Å²) in [5, 5.41) is 0. The largest absolute Gasteiger partial charge is 0.460 e. The molecular weight excluding hydrogens is 627 g/mol. The van der Waals surface area contributed by atoms with Crippen LogP contribution in [0, 0.1) is 11.8 Å². The average Bonchev–Trinajstić information content (AvgIpc) is 2.86. The number of aryl methyl sites for hydroxylation is 1. The predicted molar refractivity (Wildman–Crippen MR) is 111 cm³/mol. The van der Waals surface area contributed by atoms with Crippen LogP contribution >= 0.6 is 0 Å². The van der Waals surface area contributed by atoms with Crippen LogP contribution in [-0.4, -0.2) is 53.4 Å². The smallest absolute Gasteiger partial charge is 0.287 e. The van der Waals surface area contributed by atoms with E-state index >= 15 is 0 Å². The molecule has 0 radical (unpaired) electrons. The van der Waals surface area contributed by atoms with Crippen LogP contribution in [0.15, 0.2) is 24.3 Å². The number of carbonyl (C=O) groups is 1. The fourth-order valence-corrected chi connectivity index (χ4v) is 4.30. The van der Waals surface area contributed by atoms with Gasteiger partial charge in [0.25, 0.3) is 0 Å². The molecule has 1 aromatic carbocycles. The maximum absolute atomic E-state index is 14.3. The first kappa shape index (κ1) is 35.9. The molecule has 1 aliphatic rings. The third-order valence-corrected chi connectivity index (χ3v) is 7.20. The molecule has 242 valence electrons. The predicted octanol–water partition coefficient (Wildman–Crippen LogP) is 9.64. The summed E-state index contributed by atoms with van der Waals surface area (Å²) in [6, 6.07) is 2.53. The first-order chi connectivity index (χ1) is 18.6. The van der Waals surface area contributed by atoms with Gasteiger partial charge >= 0.3 is 47.6 Å². The van der Waals surface area contributed by atoms with Crippen molar-refractivity contribution in [3.05, 3.63) is 35.4 Å². The van der Waals surface area contributed by atoms with Gasteiger partial charge in [0.1, 0.15) is 0 Å². The number of ketones is 1. The van der Waals surface area contributed by atoms with Gasteiger partial charge in [-0.1, -0.05) is 56.9 Å². The topological polar surface area (TPSA) is 17.1 Å². The van der Waals surface area contributed by atoms with Crippen molar-refractivity contribution in [2.24, 2.45) is 11.8 Å². The van der Waals surface area contributed by atoms with E-state index in [-0.39, 0.29) is 12.3 Å². The molecule has 1 aromatic rings. The molecule has 1 aliphatic carbocycles. The molecule has 2 rings (SSSR count). The summed E-state index contributed by atoms with van der Waals surface area (Å²) in [5.74, 6) is -60.5. The molecular formula is C24H21F17O. The highest BCUT2D eigenvalue weighted by atomic mass is 19.4. The van der Waals surface area contributed by atoms with Crippen LogP contribution in [0.25, 0.3) is 0 Å². The zero-order valence-electron chi connectivity index (χ0n) is 21.0. The van der Waals surface area contributed by atoms with Crippen molar-refractivity contribution in [3.63, 3.8) is 0 Å². The Labute approximate surface area is 226 Å². The van der Waals surface area contributed by atoms with Gasteiger partial charge in [0, 0.05) is 5.56 Å². The van der Waals surface area contributed by atoms with Crippen molar-refractivity contribution in [1.29, 1.82) is 0 Å². The summed E-state index contributed by atoms with van der Waals surface area (Å²) >= 11 is 0. The summed E-state index contributed by atoms with van der Waals surface area (Å²) < 4.78 is 228. The van der Waals surface area contributed by atoms with Gasteiger partial charge in [-0.3, -0.25) is 4.79 Å². The van der Waals surface area contributed by atoms with Crippen LogP contribution in [0.5, 0.6) is 0 Å². The van der Waals surface area contributed by atoms with Crippen molar-refractivity contribution in [1.82, 2.24) is 0 Å². The lowest BCUT2D eigenvalue weighted by molar-refractivity contribution is -0.459.